The molecule has 0 spiro atoms. The van der Waals surface area contributed by atoms with Gasteiger partial charge in [-0.1, -0.05) is 0 Å². The molecule has 0 fully saturated rings. The van der Waals surface area contributed by atoms with Gasteiger partial charge < -0.3 is 20.3 Å². The molecule has 1 rings (SSSR count). The Kier molecular flexibility index (Phi) is 5.03. The van der Waals surface area contributed by atoms with Crippen molar-refractivity contribution in [1.29, 1.82) is 0 Å². The van der Waals surface area contributed by atoms with Crippen molar-refractivity contribution in [3.8, 4) is 5.88 Å². The van der Waals surface area contributed by atoms with Gasteiger partial charge in [-0.15, -0.1) is 0 Å². The minimum Gasteiger partial charge on any atom is -0.481 e. The summed E-state index contributed by atoms with van der Waals surface area (Å²) in [6.45, 7) is 1.97. The number of ether oxygens (including phenoxy) is 1. The van der Waals surface area contributed by atoms with Crippen LogP contribution in [0.25, 0.3) is 0 Å². The number of pyridine rings is 1. The molecule has 17 heavy (non-hydrogen) atoms. The lowest BCUT2D eigenvalue weighted by molar-refractivity contribution is 0.396. The topological polar surface area (TPSA) is 54.6 Å². The van der Waals surface area contributed by atoms with Gasteiger partial charge in [0.2, 0.25) is 5.88 Å². The van der Waals surface area contributed by atoms with E-state index in [4.69, 9.17) is 10.5 Å². The molecule has 0 saturated heterocycles. The third-order valence-corrected chi connectivity index (χ3v) is 2.55. The van der Waals surface area contributed by atoms with Crippen molar-refractivity contribution in [2.45, 2.75) is 6.42 Å². The van der Waals surface area contributed by atoms with Crippen LogP contribution in [0, 0.1) is 0 Å². The van der Waals surface area contributed by atoms with E-state index in [1.165, 1.54) is 0 Å². The number of nitrogens with two attached hydrogens (primary N) is 1. The van der Waals surface area contributed by atoms with E-state index in [9.17, 15) is 0 Å². The summed E-state index contributed by atoms with van der Waals surface area (Å²) in [5.41, 5.74) is 6.59. The van der Waals surface area contributed by atoms with Gasteiger partial charge in [-0.25, -0.2) is 0 Å². The summed E-state index contributed by atoms with van der Waals surface area (Å²) in [6.07, 6.45) is 1.07. The molecule has 0 aliphatic heterocycles. The van der Waals surface area contributed by atoms with Crippen molar-refractivity contribution < 1.29 is 4.74 Å². The zero-order valence-electron chi connectivity index (χ0n) is 11.1. The van der Waals surface area contributed by atoms with Gasteiger partial charge >= 0.3 is 0 Å². The molecule has 0 aromatic carbocycles. The average molecular weight is 238 g/mol. The molecule has 0 atom stereocenters. The van der Waals surface area contributed by atoms with E-state index in [1.807, 2.05) is 13.1 Å². The smallest absolute Gasteiger partial charge is 0.215 e. The molecule has 96 valence electrons. The fraction of sp³-hybridized carbons (Fsp3) is 0.583. The van der Waals surface area contributed by atoms with Crippen molar-refractivity contribution in [2.75, 3.05) is 52.0 Å². The third-order valence-electron chi connectivity index (χ3n) is 2.55. The van der Waals surface area contributed by atoms with Crippen LogP contribution < -0.4 is 15.4 Å². The third kappa shape index (κ3) is 4.11. The molecule has 0 amide bonds. The van der Waals surface area contributed by atoms with Crippen LogP contribution in [0.1, 0.15) is 6.42 Å². The molecule has 0 unspecified atom stereocenters. The summed E-state index contributed by atoms with van der Waals surface area (Å²) in [7, 11) is 7.73. The zero-order valence-corrected chi connectivity index (χ0v) is 11.1. The van der Waals surface area contributed by atoms with Crippen molar-refractivity contribution in [3.05, 3.63) is 12.1 Å². The molecule has 1 aromatic heterocycles. The molecule has 5 heteroatoms. The van der Waals surface area contributed by atoms with Crippen LogP contribution >= 0.6 is 0 Å². The first-order valence-corrected chi connectivity index (χ1v) is 5.71. The summed E-state index contributed by atoms with van der Waals surface area (Å²) < 4.78 is 5.10. The highest BCUT2D eigenvalue weighted by Crippen LogP contribution is 2.22. The Hall–Kier alpha value is -1.49. The summed E-state index contributed by atoms with van der Waals surface area (Å²) in [5.74, 6) is 1.37. The summed E-state index contributed by atoms with van der Waals surface area (Å²) in [5, 5.41) is 0. The normalized spacial score (nSPS) is 10.6. The fourth-order valence-electron chi connectivity index (χ4n) is 1.59. The van der Waals surface area contributed by atoms with Crippen LogP contribution in [0.3, 0.4) is 0 Å². The molecular weight excluding hydrogens is 216 g/mol. The largest absolute Gasteiger partial charge is 0.481 e. The second-order valence-corrected chi connectivity index (χ2v) is 4.34. The van der Waals surface area contributed by atoms with Crippen molar-refractivity contribution in [3.63, 3.8) is 0 Å². The number of nitrogens with zero attached hydrogens (tertiary/aromatic N) is 3. The van der Waals surface area contributed by atoms with Crippen LogP contribution in [-0.4, -0.2) is 51.2 Å². The molecule has 0 aliphatic rings. The molecule has 0 radical (unpaired) electrons. The average Bonchev–Trinajstić information content (AvgIpc) is 2.29. The Bertz CT molecular complexity index is 354. The SMILES string of the molecule is COc1ccc(N)c(N(C)CCCN(C)C)n1. The Morgan fingerprint density at radius 3 is 2.53 bits per heavy atom. The second-order valence-electron chi connectivity index (χ2n) is 4.34. The number of methoxy groups -OCH3 is 1. The maximum atomic E-state index is 5.91. The fourth-order valence-corrected chi connectivity index (χ4v) is 1.59. The monoisotopic (exact) mass is 238 g/mol. The molecule has 0 aliphatic carbocycles. The highest BCUT2D eigenvalue weighted by Gasteiger charge is 2.08. The number of rotatable bonds is 6. The van der Waals surface area contributed by atoms with Crippen LogP contribution in [0.5, 0.6) is 5.88 Å². The highest BCUT2D eigenvalue weighted by atomic mass is 16.5. The van der Waals surface area contributed by atoms with Gasteiger partial charge in [0.25, 0.3) is 0 Å². The van der Waals surface area contributed by atoms with E-state index in [2.05, 4.69) is 28.9 Å². The van der Waals surface area contributed by atoms with E-state index in [1.54, 1.807) is 13.2 Å². The van der Waals surface area contributed by atoms with E-state index < -0.39 is 0 Å². The van der Waals surface area contributed by atoms with Gasteiger partial charge in [-0.3, -0.25) is 0 Å². The lowest BCUT2D eigenvalue weighted by Gasteiger charge is -2.21. The van der Waals surface area contributed by atoms with E-state index in [0.717, 1.165) is 25.3 Å². The quantitative estimate of drug-likeness (QED) is 0.803. The summed E-state index contributed by atoms with van der Waals surface area (Å²) in [4.78, 5) is 8.57. The molecule has 5 nitrogen and oxygen atoms in total. The van der Waals surface area contributed by atoms with Gasteiger partial charge in [0.15, 0.2) is 5.82 Å². The Labute approximate surface area is 103 Å². The van der Waals surface area contributed by atoms with Crippen molar-refractivity contribution in [2.24, 2.45) is 0 Å². The molecule has 2 N–H and O–H groups in total. The summed E-state index contributed by atoms with van der Waals surface area (Å²) >= 11 is 0. The van der Waals surface area contributed by atoms with Crippen molar-refractivity contribution in [1.82, 2.24) is 9.88 Å². The van der Waals surface area contributed by atoms with Crippen LogP contribution in [-0.2, 0) is 0 Å². The maximum Gasteiger partial charge on any atom is 0.215 e. The number of hydrogen-bond acceptors (Lipinski definition) is 5. The molecule has 1 aromatic rings. The first-order valence-electron chi connectivity index (χ1n) is 5.71. The van der Waals surface area contributed by atoms with Gasteiger partial charge in [0, 0.05) is 19.7 Å². The zero-order chi connectivity index (χ0) is 12.8. The molecular formula is C12H22N4O. The summed E-state index contributed by atoms with van der Waals surface area (Å²) in [6, 6.07) is 3.59. The first-order chi connectivity index (χ1) is 8.04. The molecule has 1 heterocycles. The number of nitrogen functional groups attached to an aromatic ring is 1. The van der Waals surface area contributed by atoms with E-state index in [-0.39, 0.29) is 0 Å². The van der Waals surface area contributed by atoms with E-state index in [0.29, 0.717) is 11.6 Å². The lowest BCUT2D eigenvalue weighted by atomic mass is 10.3. The molecule has 0 saturated carbocycles. The van der Waals surface area contributed by atoms with Crippen molar-refractivity contribution >= 4 is 11.5 Å². The van der Waals surface area contributed by atoms with E-state index >= 15 is 0 Å². The number of anilines is 2. The Balaban J connectivity index is 2.64. The van der Waals surface area contributed by atoms with Crippen LogP contribution in [0.15, 0.2) is 12.1 Å². The minimum absolute atomic E-state index is 0.591. The Morgan fingerprint density at radius 1 is 1.24 bits per heavy atom. The maximum absolute atomic E-state index is 5.91. The lowest BCUT2D eigenvalue weighted by Crippen LogP contribution is -2.24. The molecule has 0 bridgehead atoms. The predicted molar refractivity (Wildman–Crippen MR) is 71.6 cm³/mol. The Morgan fingerprint density at radius 2 is 1.94 bits per heavy atom. The van der Waals surface area contributed by atoms with Crippen LogP contribution in [0.4, 0.5) is 11.5 Å². The van der Waals surface area contributed by atoms with Gasteiger partial charge in [0.1, 0.15) is 0 Å². The van der Waals surface area contributed by atoms with Gasteiger partial charge in [-0.05, 0) is 33.1 Å². The first kappa shape index (κ1) is 13.6. The standard InChI is InChI=1S/C12H22N4O/c1-15(2)8-5-9-16(3)12-10(13)6-7-11(14-12)17-4/h6-7H,5,8-9,13H2,1-4H3. The minimum atomic E-state index is 0.591. The second kappa shape index (κ2) is 6.30. The number of aromatic nitrogens is 1. The van der Waals surface area contributed by atoms with Gasteiger partial charge in [0.05, 0.1) is 12.8 Å². The predicted octanol–water partition coefficient (Wildman–Crippen LogP) is 1.06. The van der Waals surface area contributed by atoms with Crippen LogP contribution in [0.2, 0.25) is 0 Å². The number of hydrogen-bond donors (Lipinski definition) is 1. The van der Waals surface area contributed by atoms with Gasteiger partial charge in [-0.2, -0.15) is 4.98 Å². The highest BCUT2D eigenvalue weighted by molar-refractivity contribution is 5.63.